The average molecular weight is 173 g/mol. The normalized spacial score (nSPS) is 37.1. The fourth-order valence-electron chi connectivity index (χ4n) is 1.58. The fourth-order valence-corrected chi connectivity index (χ4v) is 1.58. The summed E-state index contributed by atoms with van der Waals surface area (Å²) in [5.74, 6) is 0. The van der Waals surface area contributed by atoms with Crippen molar-refractivity contribution in [2.45, 2.75) is 25.2 Å². The predicted molar refractivity (Wildman–Crippen MR) is 43.9 cm³/mol. The highest BCUT2D eigenvalue weighted by Gasteiger charge is 2.39. The molecule has 0 aliphatic carbocycles. The molecule has 12 heavy (non-hydrogen) atoms. The lowest BCUT2D eigenvalue weighted by molar-refractivity contribution is -0.115. The van der Waals surface area contributed by atoms with Crippen molar-refractivity contribution in [3.05, 3.63) is 0 Å². The molecule has 0 spiro atoms. The number of aldehydes is 1. The predicted octanol–water partition coefficient (Wildman–Crippen LogP) is -0.735. The molecule has 1 fully saturated rings. The Bertz CT molecular complexity index is 162. The summed E-state index contributed by atoms with van der Waals surface area (Å²) in [6, 6.07) is -0.292. The van der Waals surface area contributed by atoms with E-state index in [0.29, 0.717) is 13.2 Å². The van der Waals surface area contributed by atoms with Gasteiger partial charge in [-0.3, -0.25) is 4.90 Å². The van der Waals surface area contributed by atoms with E-state index in [2.05, 4.69) is 0 Å². The minimum Gasteiger partial charge on any atom is -0.389 e. The molecule has 3 atom stereocenters. The van der Waals surface area contributed by atoms with Gasteiger partial charge in [0.25, 0.3) is 0 Å². The minimum atomic E-state index is -0.537. The number of hydrogen-bond donors (Lipinski definition) is 1. The van der Waals surface area contributed by atoms with Crippen LogP contribution >= 0.6 is 0 Å². The lowest BCUT2D eigenvalue weighted by Gasteiger charge is -2.19. The molecule has 1 saturated heterocycles. The number of aliphatic hydroxyl groups is 1. The first kappa shape index (κ1) is 9.64. The van der Waals surface area contributed by atoms with E-state index in [1.54, 1.807) is 11.9 Å². The van der Waals surface area contributed by atoms with E-state index < -0.39 is 6.10 Å². The van der Waals surface area contributed by atoms with Crippen LogP contribution in [0, 0.1) is 0 Å². The Kier molecular flexibility index (Phi) is 3.20. The Balaban J connectivity index is 2.61. The van der Waals surface area contributed by atoms with Crippen molar-refractivity contribution in [1.82, 2.24) is 4.90 Å². The van der Waals surface area contributed by atoms with Crippen molar-refractivity contribution in [3.63, 3.8) is 0 Å². The SMILES string of the molecule is CCO[C@H]1[C@H](O)CN(C)[C@@H]1C=O. The standard InChI is InChI=1S/C8H15NO3/c1-3-12-8-6(5-10)9(2)4-7(8)11/h5-8,11H,3-4H2,1-2H3/t6-,7-,8-/m1/s1. The molecular formula is C8H15NO3. The molecule has 4 heteroatoms. The van der Waals surface area contributed by atoms with Gasteiger partial charge in [-0.05, 0) is 14.0 Å². The van der Waals surface area contributed by atoms with Crippen LogP contribution in [-0.4, -0.2) is 54.7 Å². The summed E-state index contributed by atoms with van der Waals surface area (Å²) < 4.78 is 5.27. The number of nitrogens with zero attached hydrogens (tertiary/aromatic N) is 1. The number of carbonyl (C=O) groups excluding carboxylic acids is 1. The summed E-state index contributed by atoms with van der Waals surface area (Å²) in [7, 11) is 1.81. The summed E-state index contributed by atoms with van der Waals surface area (Å²) in [6.07, 6.45) is -0.0565. The topological polar surface area (TPSA) is 49.8 Å². The van der Waals surface area contributed by atoms with E-state index in [1.165, 1.54) is 0 Å². The third-order valence-corrected chi connectivity index (χ3v) is 2.20. The molecule has 0 aromatic heterocycles. The zero-order chi connectivity index (χ0) is 9.14. The second kappa shape index (κ2) is 3.98. The van der Waals surface area contributed by atoms with E-state index in [0.717, 1.165) is 6.29 Å². The van der Waals surface area contributed by atoms with Crippen molar-refractivity contribution in [2.24, 2.45) is 0 Å². The van der Waals surface area contributed by atoms with Gasteiger partial charge in [-0.25, -0.2) is 0 Å². The average Bonchev–Trinajstić information content (AvgIpc) is 2.28. The van der Waals surface area contributed by atoms with Crippen LogP contribution in [0.15, 0.2) is 0 Å². The summed E-state index contributed by atoms with van der Waals surface area (Å²) >= 11 is 0. The zero-order valence-electron chi connectivity index (χ0n) is 7.43. The molecule has 1 N–H and O–H groups in total. The van der Waals surface area contributed by atoms with Gasteiger partial charge in [0, 0.05) is 13.2 Å². The van der Waals surface area contributed by atoms with Crippen molar-refractivity contribution < 1.29 is 14.6 Å². The van der Waals surface area contributed by atoms with Gasteiger partial charge >= 0.3 is 0 Å². The van der Waals surface area contributed by atoms with Gasteiger partial charge in [0.05, 0.1) is 12.1 Å². The summed E-state index contributed by atoms with van der Waals surface area (Å²) in [5, 5.41) is 9.47. The second-order valence-electron chi connectivity index (χ2n) is 3.05. The van der Waals surface area contributed by atoms with Crippen molar-refractivity contribution in [3.8, 4) is 0 Å². The highest BCUT2D eigenvalue weighted by Crippen LogP contribution is 2.17. The largest absolute Gasteiger partial charge is 0.389 e. The van der Waals surface area contributed by atoms with E-state index in [9.17, 15) is 9.90 Å². The smallest absolute Gasteiger partial charge is 0.139 e. The van der Waals surface area contributed by atoms with E-state index in [-0.39, 0.29) is 12.1 Å². The van der Waals surface area contributed by atoms with E-state index in [1.807, 2.05) is 6.92 Å². The minimum absolute atomic E-state index is 0.292. The number of hydrogen-bond acceptors (Lipinski definition) is 4. The van der Waals surface area contributed by atoms with Crippen LogP contribution in [0.3, 0.4) is 0 Å². The number of carbonyl (C=O) groups is 1. The molecule has 0 aromatic rings. The lowest BCUT2D eigenvalue weighted by atomic mass is 10.1. The van der Waals surface area contributed by atoms with Gasteiger partial charge < -0.3 is 14.6 Å². The number of likely N-dealkylation sites (tertiary alicyclic amines) is 1. The lowest BCUT2D eigenvalue weighted by Crippen LogP contribution is -2.37. The van der Waals surface area contributed by atoms with Crippen LogP contribution in [0.1, 0.15) is 6.92 Å². The Morgan fingerprint density at radius 2 is 2.42 bits per heavy atom. The van der Waals surface area contributed by atoms with Crippen molar-refractivity contribution >= 4 is 6.29 Å². The fraction of sp³-hybridized carbons (Fsp3) is 0.875. The van der Waals surface area contributed by atoms with Crippen LogP contribution in [-0.2, 0) is 9.53 Å². The maximum Gasteiger partial charge on any atom is 0.139 e. The van der Waals surface area contributed by atoms with Crippen LogP contribution in [0.2, 0.25) is 0 Å². The van der Waals surface area contributed by atoms with Gasteiger partial charge in [-0.15, -0.1) is 0 Å². The van der Waals surface area contributed by atoms with Gasteiger partial charge in [0.1, 0.15) is 12.4 Å². The summed E-state index contributed by atoms with van der Waals surface area (Å²) in [4.78, 5) is 12.4. The highest BCUT2D eigenvalue weighted by atomic mass is 16.5. The number of ether oxygens (including phenoxy) is 1. The third kappa shape index (κ3) is 1.65. The van der Waals surface area contributed by atoms with E-state index in [4.69, 9.17) is 4.74 Å². The van der Waals surface area contributed by atoms with Gasteiger partial charge in [0.15, 0.2) is 0 Å². The number of likely N-dealkylation sites (N-methyl/N-ethyl adjacent to an activating group) is 1. The van der Waals surface area contributed by atoms with Crippen LogP contribution < -0.4 is 0 Å². The molecule has 1 heterocycles. The molecule has 1 aliphatic heterocycles. The summed E-state index contributed by atoms with van der Waals surface area (Å²) in [5.41, 5.74) is 0. The molecule has 4 nitrogen and oxygen atoms in total. The Labute approximate surface area is 72.1 Å². The molecule has 0 bridgehead atoms. The molecule has 0 unspecified atom stereocenters. The molecule has 0 aromatic carbocycles. The zero-order valence-corrected chi connectivity index (χ0v) is 7.43. The Morgan fingerprint density at radius 3 is 2.92 bits per heavy atom. The van der Waals surface area contributed by atoms with Gasteiger partial charge in [0.2, 0.25) is 0 Å². The van der Waals surface area contributed by atoms with Crippen LogP contribution in [0.4, 0.5) is 0 Å². The summed E-state index contributed by atoms with van der Waals surface area (Å²) in [6.45, 7) is 2.89. The number of β-amino-alcohol motifs (C(OH)–C–C–N with tert-alkyl or cyclic N) is 1. The second-order valence-corrected chi connectivity index (χ2v) is 3.05. The molecule has 1 aliphatic rings. The molecule has 0 amide bonds. The first-order chi connectivity index (χ1) is 5.70. The van der Waals surface area contributed by atoms with Gasteiger partial charge in [-0.1, -0.05) is 0 Å². The molecule has 1 rings (SSSR count). The monoisotopic (exact) mass is 173 g/mol. The van der Waals surface area contributed by atoms with Crippen LogP contribution in [0.5, 0.6) is 0 Å². The first-order valence-corrected chi connectivity index (χ1v) is 4.16. The van der Waals surface area contributed by atoms with E-state index >= 15 is 0 Å². The Hall–Kier alpha value is -0.450. The van der Waals surface area contributed by atoms with Crippen molar-refractivity contribution in [2.75, 3.05) is 20.2 Å². The van der Waals surface area contributed by atoms with Gasteiger partial charge in [-0.2, -0.15) is 0 Å². The Morgan fingerprint density at radius 1 is 1.75 bits per heavy atom. The third-order valence-electron chi connectivity index (χ3n) is 2.20. The number of rotatable bonds is 3. The highest BCUT2D eigenvalue weighted by molar-refractivity contribution is 5.59. The molecular weight excluding hydrogens is 158 g/mol. The molecule has 70 valence electrons. The van der Waals surface area contributed by atoms with Crippen LogP contribution in [0.25, 0.3) is 0 Å². The molecule has 0 radical (unpaired) electrons. The maximum absolute atomic E-state index is 10.6. The first-order valence-electron chi connectivity index (χ1n) is 4.16. The quantitative estimate of drug-likeness (QED) is 0.571. The number of aliphatic hydroxyl groups excluding tert-OH is 1. The van der Waals surface area contributed by atoms with Crippen molar-refractivity contribution in [1.29, 1.82) is 0 Å². The molecule has 0 saturated carbocycles. The maximum atomic E-state index is 10.6.